The lowest BCUT2D eigenvalue weighted by molar-refractivity contribution is 0.716. The van der Waals surface area contributed by atoms with E-state index < -0.39 is 0 Å². The van der Waals surface area contributed by atoms with E-state index >= 15 is 0 Å². The van der Waals surface area contributed by atoms with Crippen molar-refractivity contribution >= 4 is 31.1 Å². The highest BCUT2D eigenvalue weighted by atomic mass is 79.9. The molecule has 0 aliphatic rings. The summed E-state index contributed by atoms with van der Waals surface area (Å²) >= 11 is 3.72. The lowest BCUT2D eigenvalue weighted by atomic mass is 10.1. The average molecular weight is 251 g/mol. The number of benzene rings is 1. The van der Waals surface area contributed by atoms with Crippen LogP contribution in [0.4, 0.5) is 0 Å². The molecule has 0 N–H and O–H groups in total. The summed E-state index contributed by atoms with van der Waals surface area (Å²) in [4.78, 5) is 0. The molecule has 0 aliphatic carbocycles. The normalized spacial score (nSPS) is 9.62. The van der Waals surface area contributed by atoms with E-state index in [4.69, 9.17) is 0 Å². The van der Waals surface area contributed by atoms with Gasteiger partial charge in [0.1, 0.15) is 0 Å². The van der Waals surface area contributed by atoms with Crippen LogP contribution >= 0.6 is 12.9 Å². The molecule has 0 aliphatic heterocycles. The first-order valence-electron chi connectivity index (χ1n) is 5.03. The zero-order valence-electron chi connectivity index (χ0n) is 8.01. The van der Waals surface area contributed by atoms with Crippen LogP contribution in [0.15, 0.2) is 30.3 Å². The summed E-state index contributed by atoms with van der Waals surface area (Å²) in [7, 11) is 0. The first-order chi connectivity index (χ1) is 6.43. The van der Waals surface area contributed by atoms with Crippen molar-refractivity contribution in [1.82, 2.24) is 0 Å². The van der Waals surface area contributed by atoms with Gasteiger partial charge >= 0.3 is 18.2 Å². The second-order valence-corrected chi connectivity index (χ2v) is 6.80. The Morgan fingerprint density at radius 2 is 1.77 bits per heavy atom. The number of unbranched alkanes of at least 4 members (excludes halogenated alkanes) is 2. The van der Waals surface area contributed by atoms with Crippen molar-refractivity contribution in [2.75, 3.05) is 0 Å². The maximum atomic E-state index is 3.59. The van der Waals surface area contributed by atoms with Crippen LogP contribution in [0.3, 0.4) is 0 Å². The summed E-state index contributed by atoms with van der Waals surface area (Å²) in [6.07, 6.45) is 5.42. The fourth-order valence-electron chi connectivity index (χ4n) is 1.42. The van der Waals surface area contributed by atoms with Crippen LogP contribution in [0.25, 0.3) is 0 Å². The van der Waals surface area contributed by atoms with Gasteiger partial charge in [-0.2, -0.15) is 0 Å². The van der Waals surface area contributed by atoms with Crippen molar-refractivity contribution in [2.45, 2.75) is 30.2 Å². The van der Waals surface area contributed by atoms with Crippen molar-refractivity contribution in [3.05, 3.63) is 35.9 Å². The van der Waals surface area contributed by atoms with Gasteiger partial charge < -0.3 is 12.9 Å². The van der Waals surface area contributed by atoms with E-state index in [1.165, 1.54) is 35.8 Å². The van der Waals surface area contributed by atoms with Crippen molar-refractivity contribution in [2.24, 2.45) is 0 Å². The quantitative estimate of drug-likeness (QED) is 0.532. The Morgan fingerprint density at radius 3 is 2.46 bits per heavy atom. The summed E-state index contributed by atoms with van der Waals surface area (Å²) in [6.45, 7) is 0. The second kappa shape index (κ2) is 7.83. The third-order valence-corrected chi connectivity index (χ3v) is 4.64. The third kappa shape index (κ3) is 5.71. The van der Waals surface area contributed by atoms with E-state index in [0.29, 0.717) is 0 Å². The fraction of sp³-hybridized carbons (Fsp3) is 0.455. The Kier molecular flexibility index (Phi) is 6.95. The van der Waals surface area contributed by atoms with Crippen molar-refractivity contribution in [3.8, 4) is 0 Å². The highest BCUT2D eigenvalue weighted by molar-refractivity contribution is 9.23. The molecule has 1 aromatic rings. The summed E-state index contributed by atoms with van der Waals surface area (Å²) in [5.74, 6) is 0. The molecule has 0 spiro atoms. The van der Waals surface area contributed by atoms with Crippen LogP contribution in [0.5, 0.6) is 0 Å². The number of hydrogen-bond donors (Lipinski definition) is 0. The van der Waals surface area contributed by atoms with E-state index in [-0.39, 0.29) is 18.2 Å². The van der Waals surface area contributed by atoms with Gasteiger partial charge in [-0.05, 0) is 18.4 Å². The van der Waals surface area contributed by atoms with Crippen molar-refractivity contribution in [3.63, 3.8) is 0 Å². The Balaban J connectivity index is 2.07. The molecule has 0 amide bonds. The molecule has 1 aromatic carbocycles. The Morgan fingerprint density at radius 1 is 1.00 bits per heavy atom. The van der Waals surface area contributed by atoms with E-state index in [1.807, 2.05) is 0 Å². The SMILES string of the molecule is [Br][Mg][CH2]CCCCc1ccccc1. The zero-order valence-corrected chi connectivity index (χ0v) is 11.0. The number of rotatable bonds is 6. The van der Waals surface area contributed by atoms with Gasteiger partial charge in [0.2, 0.25) is 0 Å². The van der Waals surface area contributed by atoms with Crippen LogP contribution in [0.1, 0.15) is 24.8 Å². The molecule has 0 saturated carbocycles. The lowest BCUT2D eigenvalue weighted by Gasteiger charge is -2.00. The molecule has 0 heterocycles. The van der Waals surface area contributed by atoms with Crippen molar-refractivity contribution < 1.29 is 0 Å². The topological polar surface area (TPSA) is 0 Å². The molecule has 2 heteroatoms. The number of halogens is 1. The highest BCUT2D eigenvalue weighted by Crippen LogP contribution is 2.07. The summed E-state index contributed by atoms with van der Waals surface area (Å²) in [5.41, 5.74) is 1.48. The number of hydrogen-bond acceptors (Lipinski definition) is 0. The van der Waals surface area contributed by atoms with Gasteiger partial charge in [0.15, 0.2) is 0 Å². The van der Waals surface area contributed by atoms with Gasteiger partial charge in [0, 0.05) is 0 Å². The Bertz CT molecular complexity index is 211. The molecule has 0 aromatic heterocycles. The lowest BCUT2D eigenvalue weighted by Crippen LogP contribution is -1.85. The molecule has 0 radical (unpaired) electrons. The van der Waals surface area contributed by atoms with E-state index in [2.05, 4.69) is 43.2 Å². The van der Waals surface area contributed by atoms with E-state index in [9.17, 15) is 0 Å². The van der Waals surface area contributed by atoms with Crippen LogP contribution < -0.4 is 0 Å². The Hall–Kier alpha value is 0.466. The average Bonchev–Trinajstić information content (AvgIpc) is 2.19. The first-order valence-corrected chi connectivity index (χ1v) is 9.93. The summed E-state index contributed by atoms with van der Waals surface area (Å²) < 4.78 is 1.45. The molecular weight excluding hydrogens is 236 g/mol. The molecule has 13 heavy (non-hydrogen) atoms. The van der Waals surface area contributed by atoms with Gasteiger partial charge in [0.05, 0.1) is 0 Å². The van der Waals surface area contributed by atoms with Gasteiger partial charge in [-0.1, -0.05) is 43.2 Å². The zero-order chi connectivity index (χ0) is 9.36. The van der Waals surface area contributed by atoms with Crippen LogP contribution in [-0.4, -0.2) is 18.2 Å². The molecular formula is C11H15BrMg. The summed E-state index contributed by atoms with van der Waals surface area (Å²) in [6, 6.07) is 10.8. The highest BCUT2D eigenvalue weighted by Gasteiger charge is 1.93. The monoisotopic (exact) mass is 250 g/mol. The minimum atomic E-state index is 0.136. The predicted octanol–water partition coefficient (Wildman–Crippen LogP) is 3.83. The molecule has 68 valence electrons. The number of aryl methyl sites for hydroxylation is 1. The minimum Gasteiger partial charge on any atom is -0.307 e. The molecule has 0 unspecified atom stereocenters. The van der Waals surface area contributed by atoms with E-state index in [1.54, 1.807) is 0 Å². The van der Waals surface area contributed by atoms with Crippen LogP contribution in [-0.2, 0) is 6.42 Å². The van der Waals surface area contributed by atoms with E-state index in [0.717, 1.165) is 0 Å². The maximum absolute atomic E-state index is 3.59. The van der Waals surface area contributed by atoms with Crippen LogP contribution in [0.2, 0.25) is 4.55 Å². The standard InChI is InChI=1S/C11H15.BrH.Mg/c1-2-3-5-8-11-9-6-4-7-10-11;;/h4,6-7,9-10H,1-3,5,8H2;1H;/q;;+1/p-1. The summed E-state index contributed by atoms with van der Waals surface area (Å²) in [5, 5.41) is 0. The predicted molar refractivity (Wildman–Crippen MR) is 63.5 cm³/mol. The molecule has 0 fully saturated rings. The molecule has 0 nitrogen and oxygen atoms in total. The molecule has 0 atom stereocenters. The molecule has 1 rings (SSSR count). The van der Waals surface area contributed by atoms with Gasteiger partial charge in [-0.25, -0.2) is 0 Å². The smallest absolute Gasteiger partial charge is 0.307 e. The third-order valence-electron chi connectivity index (χ3n) is 2.19. The Labute approximate surface area is 96.7 Å². The van der Waals surface area contributed by atoms with Gasteiger partial charge in [-0.3, -0.25) is 0 Å². The largest absolute Gasteiger partial charge is 0.468 e. The fourth-order valence-corrected chi connectivity index (χ4v) is 3.15. The maximum Gasteiger partial charge on any atom is 0.468 e. The van der Waals surface area contributed by atoms with Crippen molar-refractivity contribution in [1.29, 1.82) is 0 Å². The molecule has 0 bridgehead atoms. The minimum absolute atomic E-state index is 0.136. The first kappa shape index (κ1) is 11.5. The second-order valence-electron chi connectivity index (χ2n) is 3.34. The molecule has 0 saturated heterocycles. The van der Waals surface area contributed by atoms with Crippen LogP contribution in [0, 0.1) is 0 Å². The van der Waals surface area contributed by atoms with Gasteiger partial charge in [0.25, 0.3) is 0 Å². The van der Waals surface area contributed by atoms with Gasteiger partial charge in [-0.15, -0.1) is 4.55 Å².